The van der Waals surface area contributed by atoms with Crippen molar-refractivity contribution in [2.45, 2.75) is 51.9 Å². The molecule has 1 saturated carbocycles. The van der Waals surface area contributed by atoms with Gasteiger partial charge in [0.05, 0.1) is 6.10 Å². The van der Waals surface area contributed by atoms with Gasteiger partial charge in [-0.2, -0.15) is 0 Å². The summed E-state index contributed by atoms with van der Waals surface area (Å²) in [5.74, 6) is 0.282. The molecule has 15 heavy (non-hydrogen) atoms. The molecule has 0 aromatic carbocycles. The predicted molar refractivity (Wildman–Crippen MR) is 65.4 cm³/mol. The van der Waals surface area contributed by atoms with Crippen molar-refractivity contribution in [1.29, 1.82) is 0 Å². The van der Waals surface area contributed by atoms with Crippen LogP contribution < -0.4 is 0 Å². The summed E-state index contributed by atoms with van der Waals surface area (Å²) in [6.45, 7) is 12.1. The van der Waals surface area contributed by atoms with Crippen LogP contribution in [0.4, 0.5) is 0 Å². The van der Waals surface area contributed by atoms with E-state index in [1.54, 1.807) is 6.92 Å². The van der Waals surface area contributed by atoms with Gasteiger partial charge in [-0.1, -0.05) is 13.0 Å². The van der Waals surface area contributed by atoms with Crippen molar-refractivity contribution in [2.24, 2.45) is 5.92 Å². The van der Waals surface area contributed by atoms with Crippen LogP contribution in [0.5, 0.6) is 0 Å². The molecule has 3 heteroatoms. The van der Waals surface area contributed by atoms with E-state index < -0.39 is 8.32 Å². The second kappa shape index (κ2) is 4.62. The highest BCUT2D eigenvalue weighted by atomic mass is 28.4. The van der Waals surface area contributed by atoms with Crippen LogP contribution in [0.1, 0.15) is 26.2 Å². The van der Waals surface area contributed by atoms with Crippen molar-refractivity contribution in [2.75, 3.05) is 0 Å². The highest BCUT2D eigenvalue weighted by molar-refractivity contribution is 6.69. The van der Waals surface area contributed by atoms with Gasteiger partial charge in [0.15, 0.2) is 14.1 Å². The lowest BCUT2D eigenvalue weighted by atomic mass is 9.96. The largest absolute Gasteiger partial charge is 0.414 e. The summed E-state index contributed by atoms with van der Waals surface area (Å²) >= 11 is 0. The van der Waals surface area contributed by atoms with E-state index in [4.69, 9.17) is 4.43 Å². The Morgan fingerprint density at radius 2 is 1.93 bits per heavy atom. The number of allylic oxidation sites excluding steroid dienone is 1. The van der Waals surface area contributed by atoms with Gasteiger partial charge in [-0.25, -0.2) is 0 Å². The summed E-state index contributed by atoms with van der Waals surface area (Å²) in [6, 6.07) is 0. The zero-order valence-corrected chi connectivity index (χ0v) is 11.3. The number of carbonyl (C=O) groups excluding carboxylic acids is 1. The standard InChI is InChI=1S/C12H22O2Si/c1-9(2)12(13)10-7-6-8-11(10)14-15(3,4)5/h10-11H,1,6-8H2,2-5H3. The Balaban J connectivity index is 2.65. The smallest absolute Gasteiger partial charge is 0.184 e. The summed E-state index contributed by atoms with van der Waals surface area (Å²) in [4.78, 5) is 11.9. The van der Waals surface area contributed by atoms with E-state index in [1.165, 1.54) is 0 Å². The van der Waals surface area contributed by atoms with Crippen LogP contribution in [0.15, 0.2) is 12.2 Å². The summed E-state index contributed by atoms with van der Waals surface area (Å²) in [5.41, 5.74) is 0.672. The van der Waals surface area contributed by atoms with E-state index in [2.05, 4.69) is 26.2 Å². The Hall–Kier alpha value is -0.413. The minimum Gasteiger partial charge on any atom is -0.414 e. The van der Waals surface area contributed by atoms with Crippen molar-refractivity contribution < 1.29 is 9.22 Å². The molecule has 0 radical (unpaired) electrons. The van der Waals surface area contributed by atoms with Crippen molar-refractivity contribution in [1.82, 2.24) is 0 Å². The topological polar surface area (TPSA) is 26.3 Å². The molecule has 0 bridgehead atoms. The molecule has 1 rings (SSSR count). The van der Waals surface area contributed by atoms with Crippen LogP contribution in [-0.4, -0.2) is 20.2 Å². The lowest BCUT2D eigenvalue weighted by Crippen LogP contribution is -2.36. The van der Waals surface area contributed by atoms with Crippen molar-refractivity contribution in [3.05, 3.63) is 12.2 Å². The van der Waals surface area contributed by atoms with Gasteiger partial charge in [0.1, 0.15) is 0 Å². The molecule has 86 valence electrons. The normalized spacial score (nSPS) is 26.7. The molecular weight excluding hydrogens is 204 g/mol. The molecule has 0 aromatic heterocycles. The van der Waals surface area contributed by atoms with E-state index in [1.807, 2.05) is 0 Å². The average Bonchev–Trinajstić information content (AvgIpc) is 2.47. The molecule has 0 saturated heterocycles. The van der Waals surface area contributed by atoms with Gasteiger partial charge in [0.2, 0.25) is 0 Å². The number of rotatable bonds is 4. The Morgan fingerprint density at radius 3 is 2.40 bits per heavy atom. The van der Waals surface area contributed by atoms with Crippen LogP contribution in [0.2, 0.25) is 19.6 Å². The van der Waals surface area contributed by atoms with E-state index in [0.717, 1.165) is 19.3 Å². The van der Waals surface area contributed by atoms with E-state index in [-0.39, 0.29) is 17.8 Å². The van der Waals surface area contributed by atoms with Crippen molar-refractivity contribution in [3.8, 4) is 0 Å². The number of Topliss-reactive ketones (excluding diaryl/α,β-unsaturated/α-hetero) is 1. The monoisotopic (exact) mass is 226 g/mol. The summed E-state index contributed by atoms with van der Waals surface area (Å²) in [7, 11) is -1.53. The van der Waals surface area contributed by atoms with Crippen LogP contribution in [-0.2, 0) is 9.22 Å². The third-order valence-electron chi connectivity index (χ3n) is 2.71. The minimum absolute atomic E-state index is 0.0780. The van der Waals surface area contributed by atoms with Gasteiger partial charge in [0, 0.05) is 5.92 Å². The maximum Gasteiger partial charge on any atom is 0.184 e. The first-order chi connectivity index (χ1) is 6.81. The third-order valence-corrected chi connectivity index (χ3v) is 3.72. The van der Waals surface area contributed by atoms with Crippen molar-refractivity contribution >= 4 is 14.1 Å². The van der Waals surface area contributed by atoms with Crippen LogP contribution in [0.3, 0.4) is 0 Å². The Kier molecular flexibility index (Phi) is 3.90. The van der Waals surface area contributed by atoms with E-state index >= 15 is 0 Å². The molecule has 0 heterocycles. The van der Waals surface area contributed by atoms with Crippen LogP contribution in [0, 0.1) is 5.92 Å². The molecule has 1 aliphatic carbocycles. The predicted octanol–water partition coefficient (Wildman–Crippen LogP) is 3.15. The van der Waals surface area contributed by atoms with Gasteiger partial charge < -0.3 is 4.43 Å². The minimum atomic E-state index is -1.53. The van der Waals surface area contributed by atoms with Crippen LogP contribution in [0.25, 0.3) is 0 Å². The summed E-state index contributed by atoms with van der Waals surface area (Å²) in [6.07, 6.45) is 3.27. The summed E-state index contributed by atoms with van der Waals surface area (Å²) in [5, 5.41) is 0. The number of carbonyl (C=O) groups is 1. The first-order valence-corrected chi connectivity index (χ1v) is 9.09. The molecule has 2 atom stereocenters. The van der Waals surface area contributed by atoms with Crippen molar-refractivity contribution in [3.63, 3.8) is 0 Å². The lowest BCUT2D eigenvalue weighted by Gasteiger charge is -2.27. The molecule has 0 N–H and O–H groups in total. The Morgan fingerprint density at radius 1 is 1.33 bits per heavy atom. The Bertz CT molecular complexity index is 265. The first kappa shape index (κ1) is 12.7. The summed E-state index contributed by atoms with van der Waals surface area (Å²) < 4.78 is 6.06. The number of hydrogen-bond donors (Lipinski definition) is 0. The lowest BCUT2D eigenvalue weighted by molar-refractivity contribution is -0.121. The van der Waals surface area contributed by atoms with Gasteiger partial charge in [0.25, 0.3) is 0 Å². The Labute approximate surface area is 93.8 Å². The van der Waals surface area contributed by atoms with Gasteiger partial charge in [-0.3, -0.25) is 4.79 Å². The maximum atomic E-state index is 11.9. The third kappa shape index (κ3) is 3.58. The maximum absolute atomic E-state index is 11.9. The quantitative estimate of drug-likeness (QED) is 0.544. The molecule has 2 nitrogen and oxygen atoms in total. The van der Waals surface area contributed by atoms with Gasteiger partial charge in [-0.05, 0) is 45.0 Å². The SMILES string of the molecule is C=C(C)C(=O)C1CCCC1O[Si](C)(C)C. The highest BCUT2D eigenvalue weighted by Crippen LogP contribution is 2.32. The fraction of sp³-hybridized carbons (Fsp3) is 0.750. The van der Waals surface area contributed by atoms with Gasteiger partial charge >= 0.3 is 0 Å². The highest BCUT2D eigenvalue weighted by Gasteiger charge is 2.36. The second-order valence-corrected chi connectivity index (χ2v) is 9.91. The molecular formula is C12H22O2Si. The molecule has 0 amide bonds. The zero-order valence-electron chi connectivity index (χ0n) is 10.3. The molecule has 1 aliphatic rings. The second-order valence-electron chi connectivity index (χ2n) is 5.45. The van der Waals surface area contributed by atoms with E-state index in [0.29, 0.717) is 5.57 Å². The van der Waals surface area contributed by atoms with E-state index in [9.17, 15) is 4.79 Å². The molecule has 0 aromatic rings. The molecule has 1 fully saturated rings. The molecule has 0 aliphatic heterocycles. The van der Waals surface area contributed by atoms with Crippen LogP contribution >= 0.6 is 0 Å². The average molecular weight is 226 g/mol. The molecule has 2 unspecified atom stereocenters. The first-order valence-electron chi connectivity index (χ1n) is 5.69. The zero-order chi connectivity index (χ0) is 11.6. The number of hydrogen-bond acceptors (Lipinski definition) is 2. The van der Waals surface area contributed by atoms with Gasteiger partial charge in [-0.15, -0.1) is 0 Å². The molecule has 0 spiro atoms. The number of ketones is 1. The fourth-order valence-electron chi connectivity index (χ4n) is 2.14. The fourth-order valence-corrected chi connectivity index (χ4v) is 3.33.